The van der Waals surface area contributed by atoms with Gasteiger partial charge in [-0.2, -0.15) is 0 Å². The second kappa shape index (κ2) is 7.49. The maximum Gasteiger partial charge on any atom is 0.341 e. The number of halogens is 1. The third kappa shape index (κ3) is 4.68. The fourth-order valence-corrected chi connectivity index (χ4v) is 3.49. The first-order valence-corrected chi connectivity index (χ1v) is 9.14. The van der Waals surface area contributed by atoms with Gasteiger partial charge in [0, 0.05) is 21.8 Å². The van der Waals surface area contributed by atoms with Crippen LogP contribution in [-0.4, -0.2) is 19.0 Å². The fourth-order valence-electron chi connectivity index (χ4n) is 2.25. The summed E-state index contributed by atoms with van der Waals surface area (Å²) >= 11 is 4.73. The van der Waals surface area contributed by atoms with Crippen molar-refractivity contribution in [2.75, 3.05) is 12.4 Å². The van der Waals surface area contributed by atoms with Gasteiger partial charge in [-0.25, -0.2) is 4.79 Å². The molecular weight excluding hydrogens is 390 g/mol. The first-order valence-electron chi connectivity index (χ1n) is 7.47. The molecular formula is C18H20BrNO3S. The summed E-state index contributed by atoms with van der Waals surface area (Å²) in [6, 6.07) is 7.65. The van der Waals surface area contributed by atoms with E-state index < -0.39 is 5.97 Å². The SMILES string of the molecule is COC(=O)c1c(-c2ccc(Br)cc2)csc1NC(=O)CC(C)(C)C. The lowest BCUT2D eigenvalue weighted by Crippen LogP contribution is -2.20. The minimum absolute atomic E-state index is 0.114. The Labute approximate surface area is 154 Å². The maximum absolute atomic E-state index is 12.2. The van der Waals surface area contributed by atoms with Crippen molar-refractivity contribution in [2.24, 2.45) is 5.41 Å². The largest absolute Gasteiger partial charge is 0.465 e. The predicted molar refractivity (Wildman–Crippen MR) is 101 cm³/mol. The van der Waals surface area contributed by atoms with Crippen molar-refractivity contribution in [3.05, 3.63) is 39.7 Å². The molecule has 0 bridgehead atoms. The zero-order valence-corrected chi connectivity index (χ0v) is 16.5. The van der Waals surface area contributed by atoms with Crippen molar-refractivity contribution in [2.45, 2.75) is 27.2 Å². The number of hydrogen-bond donors (Lipinski definition) is 1. The first kappa shape index (κ1) is 18.7. The molecule has 0 aliphatic rings. The summed E-state index contributed by atoms with van der Waals surface area (Å²) in [5, 5.41) is 5.24. The monoisotopic (exact) mass is 409 g/mol. The van der Waals surface area contributed by atoms with Gasteiger partial charge in [-0.3, -0.25) is 4.79 Å². The van der Waals surface area contributed by atoms with E-state index in [0.29, 0.717) is 17.0 Å². The molecule has 1 heterocycles. The molecule has 0 unspecified atom stereocenters. The summed E-state index contributed by atoms with van der Waals surface area (Å²) in [5.41, 5.74) is 1.92. The van der Waals surface area contributed by atoms with Gasteiger partial charge < -0.3 is 10.1 Å². The molecule has 1 N–H and O–H groups in total. The second-order valence-corrected chi connectivity index (χ2v) is 8.43. The van der Waals surface area contributed by atoms with Gasteiger partial charge in [0.05, 0.1) is 7.11 Å². The van der Waals surface area contributed by atoms with Crippen molar-refractivity contribution in [3.63, 3.8) is 0 Å². The molecule has 1 amide bonds. The summed E-state index contributed by atoms with van der Waals surface area (Å²) in [6.07, 6.45) is 0.374. The Balaban J connectivity index is 2.37. The van der Waals surface area contributed by atoms with E-state index in [9.17, 15) is 9.59 Å². The Morgan fingerprint density at radius 3 is 2.38 bits per heavy atom. The highest BCUT2D eigenvalue weighted by Gasteiger charge is 2.23. The average molecular weight is 410 g/mol. The van der Waals surface area contributed by atoms with Crippen LogP contribution in [-0.2, 0) is 9.53 Å². The van der Waals surface area contributed by atoms with Crippen LogP contribution in [0.3, 0.4) is 0 Å². The van der Waals surface area contributed by atoms with Crippen LogP contribution in [0.1, 0.15) is 37.6 Å². The van der Waals surface area contributed by atoms with E-state index in [1.807, 2.05) is 50.4 Å². The van der Waals surface area contributed by atoms with Crippen LogP contribution in [0, 0.1) is 5.41 Å². The molecule has 2 rings (SSSR count). The molecule has 1 aromatic heterocycles. The molecule has 0 fully saturated rings. The second-order valence-electron chi connectivity index (χ2n) is 6.64. The van der Waals surface area contributed by atoms with Crippen molar-refractivity contribution < 1.29 is 14.3 Å². The number of thiophene rings is 1. The number of esters is 1. The molecule has 0 radical (unpaired) electrons. The highest BCUT2D eigenvalue weighted by atomic mass is 79.9. The molecule has 4 nitrogen and oxygen atoms in total. The molecule has 0 saturated carbocycles. The van der Waals surface area contributed by atoms with Gasteiger partial charge in [0.1, 0.15) is 10.6 Å². The molecule has 24 heavy (non-hydrogen) atoms. The Hall–Kier alpha value is -1.66. The number of carbonyl (C=O) groups excluding carboxylic acids is 2. The van der Waals surface area contributed by atoms with Crippen LogP contribution in [0.15, 0.2) is 34.1 Å². The Bertz CT molecular complexity index is 745. The molecule has 2 aromatic rings. The molecule has 0 aliphatic heterocycles. The summed E-state index contributed by atoms with van der Waals surface area (Å²) < 4.78 is 5.87. The Morgan fingerprint density at radius 2 is 1.83 bits per heavy atom. The number of nitrogens with one attached hydrogen (secondary N) is 1. The molecule has 0 aliphatic carbocycles. The molecule has 128 valence electrons. The van der Waals surface area contributed by atoms with E-state index in [2.05, 4.69) is 21.2 Å². The first-order chi connectivity index (χ1) is 11.2. The van der Waals surface area contributed by atoms with Crippen molar-refractivity contribution in [1.29, 1.82) is 0 Å². The van der Waals surface area contributed by atoms with Crippen molar-refractivity contribution in [3.8, 4) is 11.1 Å². The average Bonchev–Trinajstić information content (AvgIpc) is 2.88. The van der Waals surface area contributed by atoms with Crippen molar-refractivity contribution >= 4 is 44.1 Å². The quantitative estimate of drug-likeness (QED) is 0.693. The van der Waals surface area contributed by atoms with Crippen LogP contribution in [0.25, 0.3) is 11.1 Å². The fraction of sp³-hybridized carbons (Fsp3) is 0.333. The zero-order chi connectivity index (χ0) is 17.9. The minimum atomic E-state index is -0.458. The number of ether oxygens (including phenoxy) is 1. The smallest absolute Gasteiger partial charge is 0.341 e. The standard InChI is InChI=1S/C18H20BrNO3S/c1-18(2,3)9-14(21)20-16-15(17(22)23-4)13(10-24-16)11-5-7-12(19)8-6-11/h5-8,10H,9H2,1-4H3,(H,20,21). The summed E-state index contributed by atoms with van der Waals surface area (Å²) in [7, 11) is 1.34. The highest BCUT2D eigenvalue weighted by molar-refractivity contribution is 9.10. The summed E-state index contributed by atoms with van der Waals surface area (Å²) in [4.78, 5) is 24.5. The summed E-state index contributed by atoms with van der Waals surface area (Å²) in [5.74, 6) is -0.572. The lowest BCUT2D eigenvalue weighted by atomic mass is 9.92. The van der Waals surface area contributed by atoms with Crippen LogP contribution >= 0.6 is 27.3 Å². The van der Waals surface area contributed by atoms with Crippen LogP contribution in [0.2, 0.25) is 0 Å². The van der Waals surface area contributed by atoms with Gasteiger partial charge in [-0.05, 0) is 23.1 Å². The van der Waals surface area contributed by atoms with E-state index in [0.717, 1.165) is 15.6 Å². The van der Waals surface area contributed by atoms with E-state index in [1.54, 1.807) is 0 Å². The van der Waals surface area contributed by atoms with Crippen LogP contribution < -0.4 is 5.32 Å². The number of rotatable bonds is 4. The van der Waals surface area contributed by atoms with Gasteiger partial charge in [0.15, 0.2) is 0 Å². The van der Waals surface area contributed by atoms with Gasteiger partial charge in [-0.1, -0.05) is 48.8 Å². The topological polar surface area (TPSA) is 55.4 Å². The number of amides is 1. The number of methoxy groups -OCH3 is 1. The number of benzene rings is 1. The van der Waals surface area contributed by atoms with E-state index in [1.165, 1.54) is 18.4 Å². The normalized spacial score (nSPS) is 11.2. The van der Waals surface area contributed by atoms with E-state index >= 15 is 0 Å². The number of anilines is 1. The zero-order valence-electron chi connectivity index (χ0n) is 14.1. The number of carbonyl (C=O) groups is 2. The molecule has 1 aromatic carbocycles. The predicted octanol–water partition coefficient (Wildman–Crippen LogP) is 5.34. The highest BCUT2D eigenvalue weighted by Crippen LogP contribution is 2.37. The molecule has 0 saturated heterocycles. The van der Waals surface area contributed by atoms with E-state index in [4.69, 9.17) is 4.74 Å². The Kier molecular flexibility index (Phi) is 5.83. The number of hydrogen-bond acceptors (Lipinski definition) is 4. The van der Waals surface area contributed by atoms with Gasteiger partial charge >= 0.3 is 5.97 Å². The van der Waals surface area contributed by atoms with Gasteiger partial charge in [0.2, 0.25) is 5.91 Å². The third-order valence-corrected chi connectivity index (χ3v) is 4.70. The maximum atomic E-state index is 12.2. The van der Waals surface area contributed by atoms with Crippen LogP contribution in [0.4, 0.5) is 5.00 Å². The third-order valence-electron chi connectivity index (χ3n) is 3.28. The molecule has 6 heteroatoms. The summed E-state index contributed by atoms with van der Waals surface area (Å²) in [6.45, 7) is 5.99. The molecule has 0 atom stereocenters. The van der Waals surface area contributed by atoms with Gasteiger partial charge in [0.25, 0.3) is 0 Å². The van der Waals surface area contributed by atoms with Gasteiger partial charge in [-0.15, -0.1) is 11.3 Å². The molecule has 0 spiro atoms. The Morgan fingerprint density at radius 1 is 1.21 bits per heavy atom. The minimum Gasteiger partial charge on any atom is -0.465 e. The lowest BCUT2D eigenvalue weighted by molar-refractivity contribution is -0.117. The van der Waals surface area contributed by atoms with Crippen LogP contribution in [0.5, 0.6) is 0 Å². The lowest BCUT2D eigenvalue weighted by Gasteiger charge is -2.17. The van der Waals surface area contributed by atoms with E-state index in [-0.39, 0.29) is 11.3 Å². The van der Waals surface area contributed by atoms with Crippen molar-refractivity contribution in [1.82, 2.24) is 0 Å².